The largest absolute Gasteiger partial charge is 0.483 e. The molecule has 0 bridgehead atoms. The Kier molecular flexibility index (Phi) is 6.19. The molecule has 0 unspecified atom stereocenters. The van der Waals surface area contributed by atoms with Crippen LogP contribution in [0.5, 0.6) is 0 Å². The van der Waals surface area contributed by atoms with E-state index < -0.39 is 0 Å². The molecule has 1 aliphatic heterocycles. The van der Waals surface area contributed by atoms with E-state index >= 15 is 0 Å². The van der Waals surface area contributed by atoms with Crippen LogP contribution in [-0.2, 0) is 24.2 Å². The van der Waals surface area contributed by atoms with Gasteiger partial charge in [-0.05, 0) is 6.42 Å². The minimum Gasteiger partial charge on any atom is -0.483 e. The first-order valence-corrected chi connectivity index (χ1v) is 5.63. The first-order chi connectivity index (χ1) is 8.33. The van der Waals surface area contributed by atoms with Crippen molar-refractivity contribution in [1.29, 1.82) is 0 Å². The molecule has 1 aromatic heterocycles. The molecule has 2 heterocycles. The Bertz CT molecular complexity index is 340. The van der Waals surface area contributed by atoms with Gasteiger partial charge in [-0.25, -0.2) is 0 Å². The Morgan fingerprint density at radius 1 is 1.41 bits per heavy atom. The van der Waals surface area contributed by atoms with Crippen LogP contribution >= 0.6 is 0 Å². The van der Waals surface area contributed by atoms with E-state index in [9.17, 15) is 0 Å². The van der Waals surface area contributed by atoms with Gasteiger partial charge in [0.2, 0.25) is 0 Å². The van der Waals surface area contributed by atoms with Crippen LogP contribution in [0.3, 0.4) is 0 Å². The molecule has 0 fully saturated rings. The molecule has 0 amide bonds. The lowest BCUT2D eigenvalue weighted by Gasteiger charge is -2.05. The van der Waals surface area contributed by atoms with Crippen LogP contribution in [0.2, 0.25) is 0 Å². The van der Waals surface area contributed by atoms with E-state index in [-0.39, 0.29) is 13.1 Å². The van der Waals surface area contributed by atoms with Crippen LogP contribution in [0.4, 0.5) is 0 Å². The van der Waals surface area contributed by atoms with Crippen LogP contribution in [0.25, 0.3) is 0 Å². The molecule has 96 valence electrons. The molecule has 7 nitrogen and oxygen atoms in total. The van der Waals surface area contributed by atoms with Gasteiger partial charge in [0.1, 0.15) is 11.6 Å². The number of carboxylic acid groups (broad SMARTS) is 1. The molecule has 0 saturated heterocycles. The zero-order chi connectivity index (χ0) is 12.5. The second-order valence-corrected chi connectivity index (χ2v) is 3.62. The van der Waals surface area contributed by atoms with Crippen molar-refractivity contribution in [3.63, 3.8) is 0 Å². The van der Waals surface area contributed by atoms with E-state index in [1.54, 1.807) is 0 Å². The van der Waals surface area contributed by atoms with Gasteiger partial charge in [0.15, 0.2) is 0 Å². The standard InChI is InChI=1S/C9H16N4O.CH2O2/c14-7-1-2-8-11-12-9-3-4-10-5-6-13(8)9;2-1-3/h10,14H,1-7H2;1H,(H,2,3). The van der Waals surface area contributed by atoms with Crippen molar-refractivity contribution in [3.8, 4) is 0 Å². The molecule has 17 heavy (non-hydrogen) atoms. The quantitative estimate of drug-likeness (QED) is 0.591. The summed E-state index contributed by atoms with van der Waals surface area (Å²) in [6.07, 6.45) is 2.54. The second-order valence-electron chi connectivity index (χ2n) is 3.62. The lowest BCUT2D eigenvalue weighted by atomic mass is 10.3. The van der Waals surface area contributed by atoms with Crippen molar-refractivity contribution >= 4 is 6.47 Å². The van der Waals surface area contributed by atoms with Crippen molar-refractivity contribution in [2.24, 2.45) is 0 Å². The molecule has 0 aliphatic carbocycles. The van der Waals surface area contributed by atoms with Crippen molar-refractivity contribution in [2.75, 3.05) is 19.7 Å². The molecule has 0 aromatic carbocycles. The van der Waals surface area contributed by atoms with Crippen LogP contribution in [-0.4, -0.2) is 51.1 Å². The average molecular weight is 242 g/mol. The van der Waals surface area contributed by atoms with E-state index in [1.807, 2.05) is 0 Å². The highest BCUT2D eigenvalue weighted by Crippen LogP contribution is 2.06. The number of aliphatic hydroxyl groups is 1. The molecule has 0 radical (unpaired) electrons. The molecule has 3 N–H and O–H groups in total. The molecule has 1 aliphatic rings. The van der Waals surface area contributed by atoms with Gasteiger partial charge < -0.3 is 20.1 Å². The average Bonchev–Trinajstić information content (AvgIpc) is 2.56. The third-order valence-electron chi connectivity index (χ3n) is 2.50. The fourth-order valence-corrected chi connectivity index (χ4v) is 1.75. The zero-order valence-electron chi connectivity index (χ0n) is 9.67. The third kappa shape index (κ3) is 4.12. The number of nitrogens with one attached hydrogen (secondary N) is 1. The normalized spacial score (nSPS) is 14.2. The molecule has 0 spiro atoms. The first kappa shape index (κ1) is 13.6. The Morgan fingerprint density at radius 3 is 2.88 bits per heavy atom. The van der Waals surface area contributed by atoms with Crippen molar-refractivity contribution in [1.82, 2.24) is 20.1 Å². The van der Waals surface area contributed by atoms with Crippen molar-refractivity contribution in [2.45, 2.75) is 25.8 Å². The highest BCUT2D eigenvalue weighted by Gasteiger charge is 2.13. The second kappa shape index (κ2) is 7.75. The Morgan fingerprint density at radius 2 is 2.18 bits per heavy atom. The van der Waals surface area contributed by atoms with Gasteiger partial charge in [-0.1, -0.05) is 0 Å². The topological polar surface area (TPSA) is 100 Å². The van der Waals surface area contributed by atoms with E-state index in [0.29, 0.717) is 0 Å². The SMILES string of the molecule is O=CO.OCCCc1nnc2n1CCNCC2. The number of rotatable bonds is 3. The summed E-state index contributed by atoms with van der Waals surface area (Å²) in [6, 6.07) is 0. The number of aryl methyl sites for hydroxylation is 1. The van der Waals surface area contributed by atoms with E-state index in [0.717, 1.165) is 50.5 Å². The van der Waals surface area contributed by atoms with Crippen LogP contribution in [0.15, 0.2) is 0 Å². The molecule has 2 rings (SSSR count). The molecule has 0 saturated carbocycles. The fourth-order valence-electron chi connectivity index (χ4n) is 1.75. The summed E-state index contributed by atoms with van der Waals surface area (Å²) >= 11 is 0. The van der Waals surface area contributed by atoms with Crippen LogP contribution < -0.4 is 5.32 Å². The molecule has 7 heteroatoms. The maximum absolute atomic E-state index is 8.75. The predicted molar refractivity (Wildman–Crippen MR) is 60.7 cm³/mol. The summed E-state index contributed by atoms with van der Waals surface area (Å²) in [7, 11) is 0. The van der Waals surface area contributed by atoms with Gasteiger partial charge >= 0.3 is 0 Å². The van der Waals surface area contributed by atoms with E-state index in [1.165, 1.54) is 0 Å². The number of hydrogen-bond donors (Lipinski definition) is 3. The number of fused-ring (bicyclic) bond motifs is 1. The lowest BCUT2D eigenvalue weighted by molar-refractivity contribution is -0.122. The van der Waals surface area contributed by atoms with Gasteiger partial charge in [0, 0.05) is 39.1 Å². The Hall–Kier alpha value is -1.47. The van der Waals surface area contributed by atoms with Gasteiger partial charge in [-0.3, -0.25) is 4.79 Å². The summed E-state index contributed by atoms with van der Waals surface area (Å²) in [5, 5.41) is 27.3. The van der Waals surface area contributed by atoms with E-state index in [2.05, 4.69) is 20.1 Å². The molecular weight excluding hydrogens is 224 g/mol. The van der Waals surface area contributed by atoms with Gasteiger partial charge in [-0.15, -0.1) is 10.2 Å². The van der Waals surface area contributed by atoms with Crippen LogP contribution in [0.1, 0.15) is 18.1 Å². The summed E-state index contributed by atoms with van der Waals surface area (Å²) in [4.78, 5) is 8.36. The highest BCUT2D eigenvalue weighted by atomic mass is 16.3. The third-order valence-corrected chi connectivity index (χ3v) is 2.50. The number of aliphatic hydroxyl groups excluding tert-OH is 1. The minimum absolute atomic E-state index is 0.223. The predicted octanol–water partition coefficient (Wildman–Crippen LogP) is -0.950. The zero-order valence-corrected chi connectivity index (χ0v) is 9.67. The lowest BCUT2D eigenvalue weighted by Crippen LogP contribution is -2.18. The number of carbonyl (C=O) groups is 1. The van der Waals surface area contributed by atoms with Gasteiger partial charge in [0.25, 0.3) is 6.47 Å². The summed E-state index contributed by atoms with van der Waals surface area (Å²) < 4.78 is 2.18. The monoisotopic (exact) mass is 242 g/mol. The maximum Gasteiger partial charge on any atom is 0.290 e. The smallest absolute Gasteiger partial charge is 0.290 e. The molecule has 0 atom stereocenters. The molecule has 1 aromatic rings. The number of hydrogen-bond acceptors (Lipinski definition) is 5. The van der Waals surface area contributed by atoms with Crippen molar-refractivity contribution < 1.29 is 15.0 Å². The number of nitrogens with zero attached hydrogens (tertiary/aromatic N) is 3. The van der Waals surface area contributed by atoms with Gasteiger partial charge in [0.05, 0.1) is 0 Å². The minimum atomic E-state index is -0.250. The van der Waals surface area contributed by atoms with Crippen molar-refractivity contribution in [3.05, 3.63) is 11.6 Å². The summed E-state index contributed by atoms with van der Waals surface area (Å²) in [6.45, 7) is 2.89. The fraction of sp³-hybridized carbons (Fsp3) is 0.700. The maximum atomic E-state index is 8.75. The Labute approximate surface area is 99.5 Å². The first-order valence-electron chi connectivity index (χ1n) is 5.63. The van der Waals surface area contributed by atoms with E-state index in [4.69, 9.17) is 15.0 Å². The molecular formula is C10H18N4O3. The number of aromatic nitrogens is 3. The van der Waals surface area contributed by atoms with Crippen LogP contribution in [0, 0.1) is 0 Å². The summed E-state index contributed by atoms with van der Waals surface area (Å²) in [5.74, 6) is 2.08. The van der Waals surface area contributed by atoms with Gasteiger partial charge in [-0.2, -0.15) is 0 Å². The summed E-state index contributed by atoms with van der Waals surface area (Å²) in [5.41, 5.74) is 0. The Balaban J connectivity index is 0.000000437. The highest BCUT2D eigenvalue weighted by molar-refractivity contribution is 5.32.